The zero-order valence-electron chi connectivity index (χ0n) is 22.6. The van der Waals surface area contributed by atoms with Crippen molar-refractivity contribution in [1.82, 2.24) is 34.4 Å². The Bertz CT molecular complexity index is 1850. The second kappa shape index (κ2) is 11.7. The van der Waals surface area contributed by atoms with Crippen molar-refractivity contribution in [2.45, 2.75) is 12.6 Å². The summed E-state index contributed by atoms with van der Waals surface area (Å²) in [4.78, 5) is 37.9. The maximum Gasteiger partial charge on any atom is 0.309 e. The molecule has 226 valence electrons. The van der Waals surface area contributed by atoms with Gasteiger partial charge in [-0.15, -0.1) is 5.10 Å². The molecule has 5 N–H and O–H groups in total. The molecule has 4 aromatic heterocycles. The number of nitrogens with two attached hydrogens (primary N) is 1. The van der Waals surface area contributed by atoms with Crippen LogP contribution in [0, 0.1) is 11.6 Å². The van der Waals surface area contributed by atoms with E-state index in [4.69, 9.17) is 15.3 Å². The predicted molar refractivity (Wildman–Crippen MR) is 153 cm³/mol. The summed E-state index contributed by atoms with van der Waals surface area (Å²) < 4.78 is 38.0. The summed E-state index contributed by atoms with van der Waals surface area (Å²) in [5.74, 6) is -1.80. The lowest BCUT2D eigenvalue weighted by atomic mass is 10.1. The number of benzene rings is 1. The minimum absolute atomic E-state index is 0.0759. The number of nitrogen functional groups attached to an aromatic ring is 1. The number of aromatic nitrogens is 5. The van der Waals surface area contributed by atoms with Crippen LogP contribution in [0.15, 0.2) is 39.7 Å². The molecule has 0 aliphatic carbocycles. The van der Waals surface area contributed by atoms with Crippen molar-refractivity contribution in [2.75, 3.05) is 56.5 Å². The lowest BCUT2D eigenvalue weighted by molar-refractivity contribution is 0.0799. The molecule has 0 saturated carbocycles. The number of rotatable bonds is 9. The fraction of sp³-hybridized carbons (Fsp3) is 0.346. The van der Waals surface area contributed by atoms with Gasteiger partial charge in [-0.05, 0) is 18.2 Å². The standard InChI is InChI=1S/C26H27F2N9O5S/c27-16-11-17(28)18(10-15(16)24(40)30-12-14(39)13-38)35-6-3-34(4-7-35)5-8-36-22-20(43-26(36)41)23-31-21(19-2-1-9-42-19)33-37(23)25(29)32-22/h1-2,9-11,14,38-39H,3-8,12-13H2,(H2,29,32)(H,30,40)/t14-/m0/s1. The monoisotopic (exact) mass is 615 g/mol. The molecule has 1 atom stereocenters. The maximum atomic E-state index is 14.7. The summed E-state index contributed by atoms with van der Waals surface area (Å²) in [6, 6.07) is 5.25. The third-order valence-electron chi connectivity index (χ3n) is 7.20. The van der Waals surface area contributed by atoms with Gasteiger partial charge in [0.15, 0.2) is 17.1 Å². The van der Waals surface area contributed by atoms with Gasteiger partial charge in [-0.1, -0.05) is 11.3 Å². The molecule has 1 amide bonds. The van der Waals surface area contributed by atoms with E-state index >= 15 is 0 Å². The molecule has 0 radical (unpaired) electrons. The van der Waals surface area contributed by atoms with E-state index in [-0.39, 0.29) is 28.6 Å². The van der Waals surface area contributed by atoms with Gasteiger partial charge in [0.25, 0.3) is 5.91 Å². The molecule has 1 aromatic carbocycles. The highest BCUT2D eigenvalue weighted by molar-refractivity contribution is 7.17. The quantitative estimate of drug-likeness (QED) is 0.182. The van der Waals surface area contributed by atoms with Crippen LogP contribution in [0.3, 0.4) is 0 Å². The summed E-state index contributed by atoms with van der Waals surface area (Å²) in [5, 5.41) is 25.0. The summed E-state index contributed by atoms with van der Waals surface area (Å²) in [7, 11) is 0. The van der Waals surface area contributed by atoms with Crippen LogP contribution in [0.5, 0.6) is 0 Å². The fourth-order valence-corrected chi connectivity index (χ4v) is 5.85. The van der Waals surface area contributed by atoms with Gasteiger partial charge < -0.3 is 30.6 Å². The van der Waals surface area contributed by atoms with E-state index in [1.165, 1.54) is 10.8 Å². The van der Waals surface area contributed by atoms with Crippen molar-refractivity contribution in [3.8, 4) is 11.6 Å². The minimum atomic E-state index is -1.19. The van der Waals surface area contributed by atoms with E-state index in [1.807, 2.05) is 0 Å². The topological polar surface area (TPSA) is 180 Å². The number of halogens is 2. The van der Waals surface area contributed by atoms with Crippen molar-refractivity contribution in [3.05, 3.63) is 57.4 Å². The van der Waals surface area contributed by atoms with Crippen LogP contribution in [0.25, 0.3) is 27.6 Å². The predicted octanol–water partition coefficient (Wildman–Crippen LogP) is 0.526. The first-order valence-electron chi connectivity index (χ1n) is 13.4. The molecule has 6 rings (SSSR count). The molecule has 0 spiro atoms. The van der Waals surface area contributed by atoms with Crippen molar-refractivity contribution >= 4 is 44.9 Å². The fourth-order valence-electron chi connectivity index (χ4n) is 4.91. The van der Waals surface area contributed by atoms with E-state index in [0.29, 0.717) is 72.9 Å². The molecule has 43 heavy (non-hydrogen) atoms. The summed E-state index contributed by atoms with van der Waals surface area (Å²) in [5.41, 5.74) is 6.69. The van der Waals surface area contributed by atoms with E-state index in [9.17, 15) is 23.5 Å². The number of nitrogens with one attached hydrogen (secondary N) is 1. The van der Waals surface area contributed by atoms with Crippen LogP contribution in [0.4, 0.5) is 20.4 Å². The Kier molecular flexibility index (Phi) is 7.78. The summed E-state index contributed by atoms with van der Waals surface area (Å²) in [6.45, 7) is 1.82. The Morgan fingerprint density at radius 2 is 1.93 bits per heavy atom. The average Bonchev–Trinajstić information content (AvgIpc) is 3.75. The summed E-state index contributed by atoms with van der Waals surface area (Å²) in [6.07, 6.45) is 0.313. The van der Waals surface area contributed by atoms with E-state index < -0.39 is 30.3 Å². The number of aliphatic hydroxyl groups is 2. The highest BCUT2D eigenvalue weighted by Crippen LogP contribution is 2.27. The maximum absolute atomic E-state index is 14.7. The van der Waals surface area contributed by atoms with Gasteiger partial charge >= 0.3 is 4.87 Å². The Balaban J connectivity index is 1.14. The molecule has 1 fully saturated rings. The van der Waals surface area contributed by atoms with Crippen molar-refractivity contribution < 1.29 is 28.2 Å². The zero-order valence-corrected chi connectivity index (χ0v) is 23.4. The van der Waals surface area contributed by atoms with Gasteiger partial charge in [0.2, 0.25) is 11.8 Å². The number of carbonyl (C=O) groups excluding carboxylic acids is 1. The number of fused-ring (bicyclic) bond motifs is 3. The average molecular weight is 616 g/mol. The van der Waals surface area contributed by atoms with Gasteiger partial charge in [0.1, 0.15) is 16.3 Å². The first-order valence-corrected chi connectivity index (χ1v) is 14.2. The highest BCUT2D eigenvalue weighted by Gasteiger charge is 2.25. The van der Waals surface area contributed by atoms with Gasteiger partial charge in [-0.25, -0.2) is 13.8 Å². The van der Waals surface area contributed by atoms with Crippen LogP contribution in [0.1, 0.15) is 10.4 Å². The number of piperazine rings is 1. The van der Waals surface area contributed by atoms with Crippen LogP contribution in [0.2, 0.25) is 0 Å². The Hall–Kier alpha value is -4.45. The van der Waals surface area contributed by atoms with Gasteiger partial charge in [-0.3, -0.25) is 19.1 Å². The molecule has 0 bridgehead atoms. The molecule has 1 aliphatic rings. The zero-order chi connectivity index (χ0) is 30.2. The second-order valence-corrected chi connectivity index (χ2v) is 10.9. The number of carbonyl (C=O) groups is 1. The molecular formula is C26H27F2N9O5S. The number of thiazole rings is 1. The Morgan fingerprint density at radius 1 is 1.14 bits per heavy atom. The molecule has 5 aromatic rings. The second-order valence-electron chi connectivity index (χ2n) is 9.95. The number of aliphatic hydroxyl groups excluding tert-OH is 2. The molecule has 1 aliphatic heterocycles. The van der Waals surface area contributed by atoms with Gasteiger partial charge in [0, 0.05) is 51.9 Å². The molecule has 1 saturated heterocycles. The number of hydrogen-bond acceptors (Lipinski definition) is 12. The smallest absolute Gasteiger partial charge is 0.309 e. The number of hydrogen-bond donors (Lipinski definition) is 4. The van der Waals surface area contributed by atoms with Crippen LogP contribution in [-0.4, -0.2) is 97.1 Å². The number of amides is 1. The highest BCUT2D eigenvalue weighted by atomic mass is 32.1. The number of anilines is 2. The minimum Gasteiger partial charge on any atom is -0.461 e. The van der Waals surface area contributed by atoms with Crippen LogP contribution in [-0.2, 0) is 6.54 Å². The third kappa shape index (κ3) is 5.54. The lowest BCUT2D eigenvalue weighted by Gasteiger charge is -2.36. The first-order chi connectivity index (χ1) is 20.7. The molecule has 5 heterocycles. The van der Waals surface area contributed by atoms with Crippen LogP contribution >= 0.6 is 11.3 Å². The van der Waals surface area contributed by atoms with Crippen molar-refractivity contribution in [3.63, 3.8) is 0 Å². The summed E-state index contributed by atoms with van der Waals surface area (Å²) >= 11 is 1.00. The molecular weight excluding hydrogens is 588 g/mol. The Morgan fingerprint density at radius 3 is 2.65 bits per heavy atom. The SMILES string of the molecule is Nc1nc2c(sc(=O)n2CCN2CCN(c3cc(C(=O)NC[C@H](O)CO)c(F)cc3F)CC2)c2nc(-c3ccco3)nn12. The van der Waals surface area contributed by atoms with E-state index in [0.717, 1.165) is 17.4 Å². The van der Waals surface area contributed by atoms with Crippen molar-refractivity contribution in [2.24, 2.45) is 0 Å². The lowest BCUT2D eigenvalue weighted by Crippen LogP contribution is -2.47. The first kappa shape index (κ1) is 28.7. The number of nitrogens with zero attached hydrogens (tertiary/aromatic N) is 7. The molecule has 0 unspecified atom stereocenters. The van der Waals surface area contributed by atoms with E-state index in [1.54, 1.807) is 21.6 Å². The molecule has 14 nitrogen and oxygen atoms in total. The van der Waals surface area contributed by atoms with Gasteiger partial charge in [0.05, 0.1) is 30.2 Å². The normalized spacial score (nSPS) is 15.0. The van der Waals surface area contributed by atoms with E-state index in [2.05, 4.69) is 25.3 Å². The number of furan rings is 1. The third-order valence-corrected chi connectivity index (χ3v) is 8.16. The largest absolute Gasteiger partial charge is 0.461 e. The molecule has 17 heteroatoms. The van der Waals surface area contributed by atoms with Crippen molar-refractivity contribution in [1.29, 1.82) is 0 Å². The van der Waals surface area contributed by atoms with Gasteiger partial charge in [-0.2, -0.15) is 9.50 Å². The Labute approximate surface area is 245 Å². The van der Waals surface area contributed by atoms with Crippen LogP contribution < -0.4 is 20.8 Å².